The molecule has 0 amide bonds. The van der Waals surface area contributed by atoms with Gasteiger partial charge in [0.25, 0.3) is 5.56 Å². The smallest absolute Gasteiger partial charge is 0.293 e. The zero-order valence-electron chi connectivity index (χ0n) is 11.7. The normalized spacial score (nSPS) is 23.6. The van der Waals surface area contributed by atoms with Gasteiger partial charge in [0.05, 0.1) is 12.1 Å². The highest BCUT2D eigenvalue weighted by Crippen LogP contribution is 2.20. The van der Waals surface area contributed by atoms with Crippen LogP contribution in [-0.2, 0) is 6.54 Å². The fraction of sp³-hybridized carbons (Fsp3) is 0.714. The van der Waals surface area contributed by atoms with Gasteiger partial charge in [-0.1, -0.05) is 26.7 Å². The summed E-state index contributed by atoms with van der Waals surface area (Å²) in [6.07, 6.45) is 6.80. The number of nitrogens with zero attached hydrogens (tertiary/aromatic N) is 2. The summed E-state index contributed by atoms with van der Waals surface area (Å²) >= 11 is 0. The van der Waals surface area contributed by atoms with Crippen LogP contribution < -0.4 is 10.9 Å². The van der Waals surface area contributed by atoms with E-state index in [0.29, 0.717) is 18.3 Å². The van der Waals surface area contributed by atoms with Gasteiger partial charge in [0.1, 0.15) is 0 Å². The molecule has 5 nitrogen and oxygen atoms in total. The van der Waals surface area contributed by atoms with E-state index in [-0.39, 0.29) is 17.7 Å². The molecular weight excluding hydrogens is 242 g/mol. The summed E-state index contributed by atoms with van der Waals surface area (Å²) in [5, 5.41) is 13.1. The molecule has 1 saturated carbocycles. The van der Waals surface area contributed by atoms with E-state index in [9.17, 15) is 9.90 Å². The molecule has 0 aliphatic heterocycles. The Morgan fingerprint density at radius 3 is 2.89 bits per heavy atom. The second-order valence-electron chi connectivity index (χ2n) is 5.73. The Balaban J connectivity index is 2.14. The zero-order valence-corrected chi connectivity index (χ0v) is 11.7. The highest BCUT2D eigenvalue weighted by atomic mass is 16.3. The Labute approximate surface area is 113 Å². The summed E-state index contributed by atoms with van der Waals surface area (Å²) < 4.78 is 1.68. The number of aromatic nitrogens is 2. The average Bonchev–Trinajstić information content (AvgIpc) is 2.36. The van der Waals surface area contributed by atoms with Crippen LogP contribution in [0, 0.1) is 5.92 Å². The molecule has 0 saturated heterocycles. The lowest BCUT2D eigenvalue weighted by atomic mass is 9.93. The van der Waals surface area contributed by atoms with Crippen molar-refractivity contribution in [3.8, 4) is 0 Å². The molecule has 19 heavy (non-hydrogen) atoms. The lowest BCUT2D eigenvalue weighted by Gasteiger charge is -2.28. The van der Waals surface area contributed by atoms with E-state index in [2.05, 4.69) is 24.1 Å². The molecule has 1 aromatic rings. The summed E-state index contributed by atoms with van der Waals surface area (Å²) in [6.45, 7) is 4.83. The van der Waals surface area contributed by atoms with Crippen molar-refractivity contribution in [2.75, 3.05) is 5.32 Å². The third kappa shape index (κ3) is 3.56. The molecule has 0 radical (unpaired) electrons. The lowest BCUT2D eigenvalue weighted by molar-refractivity contribution is 0.116. The van der Waals surface area contributed by atoms with Crippen LogP contribution in [-0.4, -0.2) is 26.8 Å². The SMILES string of the molecule is CC(C)Cn1ccnc(NC2CCCCC2O)c1=O. The Hall–Kier alpha value is -1.36. The first-order chi connectivity index (χ1) is 9.08. The van der Waals surface area contributed by atoms with E-state index in [4.69, 9.17) is 0 Å². The third-order valence-electron chi connectivity index (χ3n) is 3.53. The fourth-order valence-corrected chi connectivity index (χ4v) is 2.54. The van der Waals surface area contributed by atoms with Crippen LogP contribution in [0.3, 0.4) is 0 Å². The van der Waals surface area contributed by atoms with Gasteiger partial charge in [-0.05, 0) is 18.8 Å². The summed E-state index contributed by atoms with van der Waals surface area (Å²) in [4.78, 5) is 16.4. The second kappa shape index (κ2) is 6.19. The summed E-state index contributed by atoms with van der Waals surface area (Å²) in [5.74, 6) is 0.766. The molecule has 1 fully saturated rings. The van der Waals surface area contributed by atoms with Crippen molar-refractivity contribution >= 4 is 5.82 Å². The largest absolute Gasteiger partial charge is 0.391 e. The minimum absolute atomic E-state index is 0.0520. The molecule has 106 valence electrons. The first-order valence-electron chi connectivity index (χ1n) is 7.08. The van der Waals surface area contributed by atoms with Gasteiger partial charge in [-0.2, -0.15) is 0 Å². The molecule has 0 aromatic carbocycles. The van der Waals surface area contributed by atoms with Crippen LogP contribution in [0.1, 0.15) is 39.5 Å². The molecule has 2 rings (SSSR count). The van der Waals surface area contributed by atoms with Crippen LogP contribution >= 0.6 is 0 Å². The fourth-order valence-electron chi connectivity index (χ4n) is 2.54. The minimum Gasteiger partial charge on any atom is -0.391 e. The van der Waals surface area contributed by atoms with Crippen molar-refractivity contribution in [1.29, 1.82) is 0 Å². The summed E-state index contributed by atoms with van der Waals surface area (Å²) in [7, 11) is 0. The predicted molar refractivity (Wildman–Crippen MR) is 75.2 cm³/mol. The van der Waals surface area contributed by atoms with E-state index in [1.165, 1.54) is 0 Å². The van der Waals surface area contributed by atoms with Gasteiger partial charge in [-0.15, -0.1) is 0 Å². The van der Waals surface area contributed by atoms with E-state index >= 15 is 0 Å². The highest BCUT2D eigenvalue weighted by Gasteiger charge is 2.24. The third-order valence-corrected chi connectivity index (χ3v) is 3.53. The molecule has 1 aliphatic carbocycles. The number of hydrogen-bond acceptors (Lipinski definition) is 4. The number of rotatable bonds is 4. The van der Waals surface area contributed by atoms with E-state index in [1.54, 1.807) is 17.0 Å². The maximum atomic E-state index is 12.2. The molecule has 2 unspecified atom stereocenters. The van der Waals surface area contributed by atoms with E-state index in [1.807, 2.05) is 0 Å². The minimum atomic E-state index is -0.381. The zero-order chi connectivity index (χ0) is 13.8. The molecule has 0 bridgehead atoms. The summed E-state index contributed by atoms with van der Waals surface area (Å²) in [6, 6.07) is -0.0520. The molecule has 1 heterocycles. The van der Waals surface area contributed by atoms with Crippen molar-refractivity contribution < 1.29 is 5.11 Å². The van der Waals surface area contributed by atoms with Crippen molar-refractivity contribution in [3.05, 3.63) is 22.7 Å². The Bertz CT molecular complexity index is 470. The number of hydrogen-bond donors (Lipinski definition) is 2. The maximum absolute atomic E-state index is 12.2. The Morgan fingerprint density at radius 1 is 1.47 bits per heavy atom. The van der Waals surface area contributed by atoms with Crippen molar-refractivity contribution in [3.63, 3.8) is 0 Å². The van der Waals surface area contributed by atoms with Gasteiger partial charge in [0.15, 0.2) is 5.82 Å². The van der Waals surface area contributed by atoms with Crippen molar-refractivity contribution in [2.24, 2.45) is 5.92 Å². The monoisotopic (exact) mass is 265 g/mol. The Kier molecular flexibility index (Phi) is 4.58. The molecular formula is C14H23N3O2. The van der Waals surface area contributed by atoms with Crippen LogP contribution in [0.25, 0.3) is 0 Å². The second-order valence-corrected chi connectivity index (χ2v) is 5.73. The van der Waals surface area contributed by atoms with Gasteiger partial charge in [-0.25, -0.2) is 4.98 Å². The molecule has 5 heteroatoms. The van der Waals surface area contributed by atoms with Gasteiger partial charge in [-0.3, -0.25) is 4.79 Å². The van der Waals surface area contributed by atoms with Crippen LogP contribution in [0.4, 0.5) is 5.82 Å². The van der Waals surface area contributed by atoms with E-state index < -0.39 is 0 Å². The van der Waals surface area contributed by atoms with Crippen LogP contribution in [0.5, 0.6) is 0 Å². The summed E-state index contributed by atoms with van der Waals surface area (Å²) in [5.41, 5.74) is -0.103. The first kappa shape index (κ1) is 14.1. The number of aliphatic hydroxyl groups excluding tert-OH is 1. The van der Waals surface area contributed by atoms with Gasteiger partial charge >= 0.3 is 0 Å². The van der Waals surface area contributed by atoms with Gasteiger partial charge in [0, 0.05) is 18.9 Å². The molecule has 2 N–H and O–H groups in total. The number of aliphatic hydroxyl groups is 1. The van der Waals surface area contributed by atoms with Crippen molar-refractivity contribution in [2.45, 2.75) is 58.2 Å². The molecule has 2 atom stereocenters. The molecule has 1 aromatic heterocycles. The predicted octanol–water partition coefficient (Wildman–Crippen LogP) is 1.61. The van der Waals surface area contributed by atoms with Gasteiger partial charge < -0.3 is 15.0 Å². The van der Waals surface area contributed by atoms with Crippen LogP contribution in [0.2, 0.25) is 0 Å². The average molecular weight is 265 g/mol. The highest BCUT2D eigenvalue weighted by molar-refractivity contribution is 5.33. The topological polar surface area (TPSA) is 67.2 Å². The van der Waals surface area contributed by atoms with Gasteiger partial charge in [0.2, 0.25) is 0 Å². The lowest BCUT2D eigenvalue weighted by Crippen LogP contribution is -2.39. The van der Waals surface area contributed by atoms with E-state index in [0.717, 1.165) is 25.7 Å². The van der Waals surface area contributed by atoms with Crippen LogP contribution in [0.15, 0.2) is 17.2 Å². The Morgan fingerprint density at radius 2 is 2.21 bits per heavy atom. The molecule has 1 aliphatic rings. The maximum Gasteiger partial charge on any atom is 0.293 e. The standard InChI is InChI=1S/C14H23N3O2/c1-10(2)9-17-8-7-15-13(14(17)19)16-11-5-3-4-6-12(11)18/h7-8,10-12,18H,3-6,9H2,1-2H3,(H,15,16). The first-order valence-corrected chi connectivity index (χ1v) is 7.08. The van der Waals surface area contributed by atoms with Crippen molar-refractivity contribution in [1.82, 2.24) is 9.55 Å². The number of nitrogens with one attached hydrogen (secondary N) is 1. The number of anilines is 1. The molecule has 0 spiro atoms. The quantitative estimate of drug-likeness (QED) is 0.868.